The van der Waals surface area contributed by atoms with Gasteiger partial charge in [0.25, 0.3) is 0 Å². The lowest BCUT2D eigenvalue weighted by Crippen LogP contribution is -2.34. The van der Waals surface area contributed by atoms with E-state index >= 15 is 0 Å². The highest BCUT2D eigenvalue weighted by Crippen LogP contribution is 2.33. The van der Waals surface area contributed by atoms with E-state index in [0.29, 0.717) is 30.4 Å². The standard InChI is InChI=1S/C20H18ClFN4O3/c1-28-14-7-4-12(5-8-14)18-24-19(29-25-18)17-3-2-10-26(17)20(27)23-13-6-9-16(22)15(21)11-13/h4-9,11,17H,2-3,10H2,1H3,(H,23,27). The number of carbonyl (C=O) groups excluding carboxylic acids is 1. The van der Waals surface area contributed by atoms with Crippen molar-refractivity contribution in [2.24, 2.45) is 0 Å². The Morgan fingerprint density at radius 2 is 2.10 bits per heavy atom. The monoisotopic (exact) mass is 416 g/mol. The van der Waals surface area contributed by atoms with Gasteiger partial charge in [-0.15, -0.1) is 0 Å². The summed E-state index contributed by atoms with van der Waals surface area (Å²) in [4.78, 5) is 18.8. The first-order valence-electron chi connectivity index (χ1n) is 9.06. The van der Waals surface area contributed by atoms with Gasteiger partial charge in [-0.3, -0.25) is 0 Å². The molecule has 0 aliphatic carbocycles. The first kappa shape index (κ1) is 19.2. The zero-order valence-corrected chi connectivity index (χ0v) is 16.3. The molecule has 0 bridgehead atoms. The Bertz CT molecular complexity index is 1020. The number of methoxy groups -OCH3 is 1. The average Bonchev–Trinajstić information content (AvgIpc) is 3.40. The van der Waals surface area contributed by atoms with Crippen LogP contribution >= 0.6 is 11.6 Å². The number of halogens is 2. The van der Waals surface area contributed by atoms with Crippen LogP contribution in [0.1, 0.15) is 24.8 Å². The third kappa shape index (κ3) is 4.02. The van der Waals surface area contributed by atoms with Gasteiger partial charge in [0.15, 0.2) is 0 Å². The molecular formula is C20H18ClFN4O3. The fraction of sp³-hybridized carbons (Fsp3) is 0.250. The van der Waals surface area contributed by atoms with Crippen LogP contribution in [-0.2, 0) is 0 Å². The minimum absolute atomic E-state index is 0.0539. The number of likely N-dealkylation sites (tertiary alicyclic amines) is 1. The number of aromatic nitrogens is 2. The molecule has 4 rings (SSSR count). The number of hydrogen-bond donors (Lipinski definition) is 1. The van der Waals surface area contributed by atoms with Crippen molar-refractivity contribution in [3.05, 3.63) is 59.2 Å². The second-order valence-corrected chi connectivity index (χ2v) is 7.00. The summed E-state index contributed by atoms with van der Waals surface area (Å²) in [5.41, 5.74) is 1.20. The van der Waals surface area contributed by atoms with Gasteiger partial charge in [0.05, 0.1) is 12.1 Å². The summed E-state index contributed by atoms with van der Waals surface area (Å²) >= 11 is 5.78. The summed E-state index contributed by atoms with van der Waals surface area (Å²) in [6.07, 6.45) is 1.52. The molecule has 1 unspecified atom stereocenters. The lowest BCUT2D eigenvalue weighted by Gasteiger charge is -2.22. The first-order valence-corrected chi connectivity index (χ1v) is 9.43. The van der Waals surface area contributed by atoms with Crippen molar-refractivity contribution >= 4 is 23.3 Å². The van der Waals surface area contributed by atoms with Crippen molar-refractivity contribution in [1.29, 1.82) is 0 Å². The topological polar surface area (TPSA) is 80.5 Å². The second kappa shape index (κ2) is 8.08. The number of benzene rings is 2. The molecule has 2 amide bonds. The molecule has 7 nitrogen and oxygen atoms in total. The normalized spacial score (nSPS) is 16.1. The van der Waals surface area contributed by atoms with Crippen LogP contribution in [0.4, 0.5) is 14.9 Å². The Labute approximate surface area is 171 Å². The molecule has 29 heavy (non-hydrogen) atoms. The highest BCUT2D eigenvalue weighted by atomic mass is 35.5. The number of nitrogens with one attached hydrogen (secondary N) is 1. The van der Waals surface area contributed by atoms with Crippen LogP contribution in [0.25, 0.3) is 11.4 Å². The van der Waals surface area contributed by atoms with Gasteiger partial charge in [-0.05, 0) is 55.3 Å². The lowest BCUT2D eigenvalue weighted by atomic mass is 10.2. The molecule has 1 N–H and O–H groups in total. The lowest BCUT2D eigenvalue weighted by molar-refractivity contribution is 0.193. The number of carbonyl (C=O) groups is 1. The van der Waals surface area contributed by atoms with Crippen LogP contribution in [0.15, 0.2) is 47.0 Å². The highest BCUT2D eigenvalue weighted by Gasteiger charge is 2.34. The van der Waals surface area contributed by atoms with Crippen LogP contribution in [0.3, 0.4) is 0 Å². The van der Waals surface area contributed by atoms with E-state index in [1.807, 2.05) is 24.3 Å². The van der Waals surface area contributed by atoms with Crippen LogP contribution in [-0.4, -0.2) is 34.7 Å². The molecule has 1 aliphatic rings. The molecule has 150 valence electrons. The minimum Gasteiger partial charge on any atom is -0.497 e. The smallest absolute Gasteiger partial charge is 0.322 e. The molecular weight excluding hydrogens is 399 g/mol. The van der Waals surface area contributed by atoms with E-state index in [1.165, 1.54) is 18.2 Å². The summed E-state index contributed by atoms with van der Waals surface area (Å²) in [6.45, 7) is 0.547. The second-order valence-electron chi connectivity index (χ2n) is 6.60. The van der Waals surface area contributed by atoms with Crippen molar-refractivity contribution < 1.29 is 18.4 Å². The van der Waals surface area contributed by atoms with Crippen molar-refractivity contribution in [2.75, 3.05) is 19.0 Å². The maximum Gasteiger partial charge on any atom is 0.322 e. The number of ether oxygens (including phenoxy) is 1. The van der Waals surface area contributed by atoms with Gasteiger partial charge in [0, 0.05) is 17.8 Å². The fourth-order valence-electron chi connectivity index (χ4n) is 3.26. The van der Waals surface area contributed by atoms with E-state index in [1.54, 1.807) is 12.0 Å². The zero-order chi connectivity index (χ0) is 20.4. The average molecular weight is 417 g/mol. The maximum atomic E-state index is 13.3. The van der Waals surface area contributed by atoms with Crippen LogP contribution in [0, 0.1) is 5.82 Å². The highest BCUT2D eigenvalue weighted by molar-refractivity contribution is 6.31. The summed E-state index contributed by atoms with van der Waals surface area (Å²) in [5, 5.41) is 6.72. The molecule has 1 aromatic heterocycles. The molecule has 9 heteroatoms. The van der Waals surface area contributed by atoms with Gasteiger partial charge in [-0.1, -0.05) is 16.8 Å². The van der Waals surface area contributed by atoms with Gasteiger partial charge in [-0.2, -0.15) is 4.98 Å². The Kier molecular flexibility index (Phi) is 5.35. The molecule has 0 spiro atoms. The third-order valence-corrected chi connectivity index (χ3v) is 5.05. The zero-order valence-electron chi connectivity index (χ0n) is 15.6. The number of urea groups is 1. The summed E-state index contributed by atoms with van der Waals surface area (Å²) in [6, 6.07) is 10.7. The predicted octanol–water partition coefficient (Wildman–Crippen LogP) is 4.91. The van der Waals surface area contributed by atoms with Crippen LogP contribution < -0.4 is 10.1 Å². The molecule has 1 aliphatic heterocycles. The number of nitrogens with zero attached hydrogens (tertiary/aromatic N) is 3. The summed E-state index contributed by atoms with van der Waals surface area (Å²) in [7, 11) is 1.60. The van der Waals surface area contributed by atoms with Gasteiger partial charge >= 0.3 is 6.03 Å². The van der Waals surface area contributed by atoms with Crippen molar-refractivity contribution in [1.82, 2.24) is 15.0 Å². The molecule has 2 heterocycles. The molecule has 1 fully saturated rings. The SMILES string of the molecule is COc1ccc(-c2noc(C3CCCN3C(=O)Nc3ccc(F)c(Cl)c3)n2)cc1. The summed E-state index contributed by atoms with van der Waals surface area (Å²) < 4.78 is 23.9. The summed E-state index contributed by atoms with van der Waals surface area (Å²) in [5.74, 6) is 1.01. The molecule has 1 atom stereocenters. The van der Waals surface area contributed by atoms with Crippen LogP contribution in [0.5, 0.6) is 5.75 Å². The fourth-order valence-corrected chi connectivity index (χ4v) is 3.44. The Morgan fingerprint density at radius 3 is 2.83 bits per heavy atom. The minimum atomic E-state index is -0.541. The van der Waals surface area contributed by atoms with Crippen molar-refractivity contribution in [3.8, 4) is 17.1 Å². The largest absolute Gasteiger partial charge is 0.497 e. The predicted molar refractivity (Wildman–Crippen MR) is 105 cm³/mol. The van der Waals surface area contributed by atoms with Gasteiger partial charge in [-0.25, -0.2) is 9.18 Å². The van der Waals surface area contributed by atoms with E-state index in [0.717, 1.165) is 17.7 Å². The van der Waals surface area contributed by atoms with Crippen molar-refractivity contribution in [3.63, 3.8) is 0 Å². The van der Waals surface area contributed by atoms with E-state index in [9.17, 15) is 9.18 Å². The van der Waals surface area contributed by atoms with Gasteiger partial charge in [0.1, 0.15) is 17.6 Å². The van der Waals surface area contributed by atoms with E-state index < -0.39 is 5.82 Å². The molecule has 3 aromatic rings. The Hall–Kier alpha value is -3.13. The molecule has 2 aromatic carbocycles. The molecule has 0 radical (unpaired) electrons. The van der Waals surface area contributed by atoms with E-state index in [4.69, 9.17) is 20.9 Å². The number of rotatable bonds is 4. The number of hydrogen-bond acceptors (Lipinski definition) is 5. The Balaban J connectivity index is 1.49. The molecule has 1 saturated heterocycles. The maximum absolute atomic E-state index is 13.3. The molecule has 0 saturated carbocycles. The van der Waals surface area contributed by atoms with Crippen LogP contribution in [0.2, 0.25) is 5.02 Å². The third-order valence-electron chi connectivity index (χ3n) is 4.76. The number of anilines is 1. The van der Waals surface area contributed by atoms with Crippen molar-refractivity contribution in [2.45, 2.75) is 18.9 Å². The van der Waals surface area contributed by atoms with Gasteiger partial charge < -0.3 is 19.5 Å². The van der Waals surface area contributed by atoms with E-state index in [-0.39, 0.29) is 17.1 Å². The van der Waals surface area contributed by atoms with E-state index in [2.05, 4.69) is 15.5 Å². The first-order chi connectivity index (χ1) is 14.0. The quantitative estimate of drug-likeness (QED) is 0.653. The Morgan fingerprint density at radius 1 is 1.31 bits per heavy atom. The number of amides is 2. The van der Waals surface area contributed by atoms with Gasteiger partial charge in [0.2, 0.25) is 11.7 Å².